The molecule has 1 aromatic carbocycles. The van der Waals surface area contributed by atoms with Crippen molar-refractivity contribution in [2.45, 2.75) is 47.1 Å². The molecule has 0 fully saturated rings. The van der Waals surface area contributed by atoms with Gasteiger partial charge in [0.25, 0.3) is 0 Å². The number of carbonyl (C=O) groups excluding carboxylic acids is 2. The van der Waals surface area contributed by atoms with Crippen LogP contribution in [0.1, 0.15) is 46.1 Å². The van der Waals surface area contributed by atoms with Gasteiger partial charge in [0.1, 0.15) is 6.61 Å². The number of allylic oxidation sites excluding steroid dienone is 2. The zero-order valence-electron chi connectivity index (χ0n) is 16.0. The standard InChI is InChI=1S/C21H27NO4/c1-5-17-19(26-14-15-9-7-6-8-10-15)18(23)16(13-22-17)11-12-25-20(24)21(2,3)4/h6-10,13,16H,5,11-12,14H2,1-4H3. The predicted molar refractivity (Wildman–Crippen MR) is 101 cm³/mol. The third-order valence-electron chi connectivity index (χ3n) is 4.07. The molecule has 0 saturated carbocycles. The lowest BCUT2D eigenvalue weighted by atomic mass is 9.96. The van der Waals surface area contributed by atoms with Crippen molar-refractivity contribution in [2.24, 2.45) is 16.3 Å². The molecule has 1 aromatic rings. The summed E-state index contributed by atoms with van der Waals surface area (Å²) < 4.78 is 11.1. The Labute approximate surface area is 155 Å². The van der Waals surface area contributed by atoms with Crippen molar-refractivity contribution in [2.75, 3.05) is 6.61 Å². The Morgan fingerprint density at radius 2 is 1.88 bits per heavy atom. The van der Waals surface area contributed by atoms with Crippen LogP contribution in [-0.4, -0.2) is 24.6 Å². The van der Waals surface area contributed by atoms with Gasteiger partial charge in [0, 0.05) is 6.21 Å². The van der Waals surface area contributed by atoms with E-state index in [0.717, 1.165) is 5.56 Å². The second-order valence-electron chi connectivity index (χ2n) is 7.33. The van der Waals surface area contributed by atoms with E-state index in [4.69, 9.17) is 9.47 Å². The number of hydrogen-bond donors (Lipinski definition) is 0. The maximum atomic E-state index is 12.8. The molecule has 1 heterocycles. The van der Waals surface area contributed by atoms with E-state index in [0.29, 0.717) is 30.9 Å². The summed E-state index contributed by atoms with van der Waals surface area (Å²) in [5, 5.41) is 0. The number of ether oxygens (including phenoxy) is 2. The van der Waals surface area contributed by atoms with Gasteiger partial charge in [-0.3, -0.25) is 14.6 Å². The topological polar surface area (TPSA) is 65.0 Å². The largest absolute Gasteiger partial charge is 0.483 e. The summed E-state index contributed by atoms with van der Waals surface area (Å²) in [6, 6.07) is 9.70. The Hall–Kier alpha value is -2.43. The fourth-order valence-corrected chi connectivity index (χ4v) is 2.45. The lowest BCUT2D eigenvalue weighted by Gasteiger charge is -2.21. The highest BCUT2D eigenvalue weighted by Gasteiger charge is 2.29. The van der Waals surface area contributed by atoms with Crippen LogP contribution in [0.3, 0.4) is 0 Å². The van der Waals surface area contributed by atoms with Crippen LogP contribution in [0.15, 0.2) is 46.8 Å². The summed E-state index contributed by atoms with van der Waals surface area (Å²) in [5.74, 6) is -0.475. The number of esters is 1. The number of Topliss-reactive ketones (excluding diaryl/α,β-unsaturated/α-hetero) is 1. The summed E-state index contributed by atoms with van der Waals surface area (Å²) in [5.41, 5.74) is 1.10. The third-order valence-corrected chi connectivity index (χ3v) is 4.07. The van der Waals surface area contributed by atoms with Crippen molar-refractivity contribution >= 4 is 18.0 Å². The van der Waals surface area contributed by atoms with Crippen molar-refractivity contribution in [3.05, 3.63) is 47.4 Å². The fourth-order valence-electron chi connectivity index (χ4n) is 2.45. The Bertz CT molecular complexity index is 698. The van der Waals surface area contributed by atoms with Gasteiger partial charge in [-0.25, -0.2) is 0 Å². The maximum absolute atomic E-state index is 12.8. The monoisotopic (exact) mass is 357 g/mol. The molecule has 140 valence electrons. The van der Waals surface area contributed by atoms with Gasteiger partial charge < -0.3 is 9.47 Å². The van der Waals surface area contributed by atoms with E-state index in [1.165, 1.54) is 0 Å². The van der Waals surface area contributed by atoms with Gasteiger partial charge in [0.2, 0.25) is 5.78 Å². The number of nitrogens with zero attached hydrogens (tertiary/aromatic N) is 1. The maximum Gasteiger partial charge on any atom is 0.311 e. The van der Waals surface area contributed by atoms with Crippen molar-refractivity contribution in [1.82, 2.24) is 0 Å². The van der Waals surface area contributed by atoms with Crippen LogP contribution in [0.4, 0.5) is 0 Å². The lowest BCUT2D eigenvalue weighted by molar-refractivity contribution is -0.153. The first-order valence-electron chi connectivity index (χ1n) is 8.98. The minimum atomic E-state index is -0.552. The molecule has 0 bridgehead atoms. The molecule has 0 spiro atoms. The summed E-state index contributed by atoms with van der Waals surface area (Å²) in [6.45, 7) is 7.85. The number of hydrogen-bond acceptors (Lipinski definition) is 5. The second kappa shape index (κ2) is 8.79. The molecule has 5 heteroatoms. The fraction of sp³-hybridized carbons (Fsp3) is 0.476. The van der Waals surface area contributed by atoms with E-state index in [1.54, 1.807) is 27.0 Å². The van der Waals surface area contributed by atoms with Crippen molar-refractivity contribution < 1.29 is 19.1 Å². The molecule has 1 unspecified atom stereocenters. The Balaban J connectivity index is 1.96. The first-order chi connectivity index (χ1) is 12.3. The summed E-state index contributed by atoms with van der Waals surface area (Å²) in [7, 11) is 0. The van der Waals surface area contributed by atoms with Crippen molar-refractivity contribution in [1.29, 1.82) is 0 Å². The average Bonchev–Trinajstić information content (AvgIpc) is 2.61. The molecule has 1 atom stereocenters. The SMILES string of the molecule is CCC1=C(OCc2ccccc2)C(=O)C(CCOC(=O)C(C)(C)C)C=N1. The molecule has 0 aromatic heterocycles. The molecule has 0 amide bonds. The van der Waals surface area contributed by atoms with Gasteiger partial charge >= 0.3 is 5.97 Å². The van der Waals surface area contributed by atoms with Crippen LogP contribution in [0, 0.1) is 11.3 Å². The highest BCUT2D eigenvalue weighted by atomic mass is 16.5. The molecule has 2 rings (SSSR count). The van der Waals surface area contributed by atoms with Gasteiger partial charge in [-0.2, -0.15) is 0 Å². The van der Waals surface area contributed by atoms with Gasteiger partial charge in [-0.05, 0) is 39.2 Å². The van der Waals surface area contributed by atoms with Crippen molar-refractivity contribution in [3.8, 4) is 0 Å². The molecular weight excluding hydrogens is 330 g/mol. The number of carbonyl (C=O) groups is 2. The zero-order valence-corrected chi connectivity index (χ0v) is 16.0. The number of rotatable bonds is 7. The van der Waals surface area contributed by atoms with Crippen LogP contribution >= 0.6 is 0 Å². The molecular formula is C21H27NO4. The number of benzene rings is 1. The minimum Gasteiger partial charge on any atom is -0.483 e. The number of ketones is 1. The third kappa shape index (κ3) is 5.28. The molecule has 5 nitrogen and oxygen atoms in total. The normalized spacial score (nSPS) is 17.4. The highest BCUT2D eigenvalue weighted by Crippen LogP contribution is 2.24. The molecule has 0 aliphatic carbocycles. The smallest absolute Gasteiger partial charge is 0.311 e. The van der Waals surface area contributed by atoms with E-state index in [9.17, 15) is 9.59 Å². The quantitative estimate of drug-likeness (QED) is 0.690. The number of aliphatic imine (C=N–C) groups is 1. The van der Waals surface area contributed by atoms with E-state index in [-0.39, 0.29) is 18.4 Å². The first-order valence-corrected chi connectivity index (χ1v) is 8.98. The van der Waals surface area contributed by atoms with E-state index in [1.807, 2.05) is 37.3 Å². The molecule has 1 aliphatic heterocycles. The van der Waals surface area contributed by atoms with Crippen LogP contribution < -0.4 is 0 Å². The summed E-state index contributed by atoms with van der Waals surface area (Å²) in [6.07, 6.45) is 2.67. The lowest BCUT2D eigenvalue weighted by Crippen LogP contribution is -2.28. The van der Waals surface area contributed by atoms with Crippen LogP contribution in [0.25, 0.3) is 0 Å². The highest BCUT2D eigenvalue weighted by molar-refractivity contribution is 6.07. The summed E-state index contributed by atoms with van der Waals surface area (Å²) in [4.78, 5) is 29.0. The second-order valence-corrected chi connectivity index (χ2v) is 7.33. The van der Waals surface area contributed by atoms with E-state index >= 15 is 0 Å². The molecule has 0 N–H and O–H groups in total. The molecule has 1 aliphatic rings. The van der Waals surface area contributed by atoms with Gasteiger partial charge in [0.05, 0.1) is 23.6 Å². The molecule has 0 saturated heterocycles. The van der Waals surface area contributed by atoms with Crippen LogP contribution in [0.2, 0.25) is 0 Å². The molecule has 0 radical (unpaired) electrons. The van der Waals surface area contributed by atoms with Crippen LogP contribution in [-0.2, 0) is 25.7 Å². The van der Waals surface area contributed by atoms with E-state index < -0.39 is 11.3 Å². The van der Waals surface area contributed by atoms with Gasteiger partial charge in [-0.1, -0.05) is 37.3 Å². The minimum absolute atomic E-state index is 0.0976. The first kappa shape index (κ1) is 19.9. The Morgan fingerprint density at radius 1 is 1.19 bits per heavy atom. The van der Waals surface area contributed by atoms with Crippen LogP contribution in [0.5, 0.6) is 0 Å². The zero-order chi connectivity index (χ0) is 19.2. The predicted octanol–water partition coefficient (Wildman–Crippen LogP) is 4.07. The van der Waals surface area contributed by atoms with Gasteiger partial charge in [0.15, 0.2) is 5.76 Å². The van der Waals surface area contributed by atoms with Gasteiger partial charge in [-0.15, -0.1) is 0 Å². The Kier molecular flexibility index (Phi) is 6.72. The Morgan fingerprint density at radius 3 is 2.50 bits per heavy atom. The van der Waals surface area contributed by atoms with Crippen molar-refractivity contribution in [3.63, 3.8) is 0 Å². The van der Waals surface area contributed by atoms with E-state index in [2.05, 4.69) is 4.99 Å². The average molecular weight is 357 g/mol. The molecule has 26 heavy (non-hydrogen) atoms. The summed E-state index contributed by atoms with van der Waals surface area (Å²) >= 11 is 0.